The first kappa shape index (κ1) is 21.5. The Bertz CT molecular complexity index is 779. The first-order chi connectivity index (χ1) is 13.5. The molecule has 0 heterocycles. The molecule has 5 nitrogen and oxygen atoms in total. The van der Waals surface area contributed by atoms with Crippen LogP contribution in [0, 0.1) is 13.8 Å². The molecule has 5 heteroatoms. The minimum atomic E-state index is -0.287. The second kappa shape index (κ2) is 11.1. The summed E-state index contributed by atoms with van der Waals surface area (Å²) in [7, 11) is 0. The number of nitrogens with zero attached hydrogens (tertiary/aromatic N) is 2. The van der Waals surface area contributed by atoms with Crippen LogP contribution in [-0.2, 0) is 4.79 Å². The molecule has 2 rings (SSSR count). The van der Waals surface area contributed by atoms with E-state index >= 15 is 0 Å². The van der Waals surface area contributed by atoms with E-state index in [-0.39, 0.29) is 12.5 Å². The van der Waals surface area contributed by atoms with Crippen LogP contribution >= 0.6 is 0 Å². The van der Waals surface area contributed by atoms with Crippen LogP contribution in [0.1, 0.15) is 43.4 Å². The lowest BCUT2D eigenvalue weighted by molar-refractivity contribution is -0.123. The van der Waals surface area contributed by atoms with Crippen LogP contribution in [0.2, 0.25) is 0 Å². The highest BCUT2D eigenvalue weighted by Gasteiger charge is 2.05. The molecule has 28 heavy (non-hydrogen) atoms. The number of carbonyl (C=O) groups is 1. The van der Waals surface area contributed by atoms with E-state index in [4.69, 9.17) is 4.74 Å². The Morgan fingerprint density at radius 2 is 1.75 bits per heavy atom. The molecule has 0 fully saturated rings. The summed E-state index contributed by atoms with van der Waals surface area (Å²) >= 11 is 0. The van der Waals surface area contributed by atoms with Gasteiger partial charge in [0.15, 0.2) is 6.61 Å². The van der Waals surface area contributed by atoms with Gasteiger partial charge in [0.2, 0.25) is 0 Å². The topological polar surface area (TPSA) is 53.9 Å². The Balaban J connectivity index is 1.83. The van der Waals surface area contributed by atoms with Gasteiger partial charge < -0.3 is 9.64 Å². The van der Waals surface area contributed by atoms with Crippen molar-refractivity contribution in [3.63, 3.8) is 0 Å². The first-order valence-corrected chi connectivity index (χ1v) is 9.90. The summed E-state index contributed by atoms with van der Waals surface area (Å²) in [5.74, 6) is 0.425. The standard InChI is InChI=1S/C23H31N3O2/c1-5-13-26(14-6-2)21-10-8-20(9-11-21)16-24-25-23(27)17-28-22-12-7-18(3)15-19(22)4/h7-12,15-16H,5-6,13-14,17H2,1-4H3,(H,25,27)/b24-16+. The number of anilines is 1. The molecule has 0 aliphatic heterocycles. The summed E-state index contributed by atoms with van der Waals surface area (Å²) < 4.78 is 5.55. The lowest BCUT2D eigenvalue weighted by Crippen LogP contribution is -2.25. The van der Waals surface area contributed by atoms with Crippen LogP contribution in [0.5, 0.6) is 5.75 Å². The molecule has 0 saturated carbocycles. The monoisotopic (exact) mass is 381 g/mol. The van der Waals surface area contributed by atoms with Gasteiger partial charge in [-0.25, -0.2) is 5.43 Å². The van der Waals surface area contributed by atoms with Gasteiger partial charge in [0, 0.05) is 18.8 Å². The molecule has 0 unspecified atom stereocenters. The second-order valence-electron chi connectivity index (χ2n) is 6.93. The van der Waals surface area contributed by atoms with Gasteiger partial charge in [-0.1, -0.05) is 43.7 Å². The van der Waals surface area contributed by atoms with Crippen LogP contribution in [0.15, 0.2) is 47.6 Å². The molecule has 1 amide bonds. The Morgan fingerprint density at radius 3 is 2.36 bits per heavy atom. The van der Waals surface area contributed by atoms with Gasteiger partial charge in [0.1, 0.15) is 5.75 Å². The third-order valence-electron chi connectivity index (χ3n) is 4.34. The summed E-state index contributed by atoms with van der Waals surface area (Å²) in [4.78, 5) is 14.3. The smallest absolute Gasteiger partial charge is 0.277 e. The highest BCUT2D eigenvalue weighted by Crippen LogP contribution is 2.18. The third-order valence-corrected chi connectivity index (χ3v) is 4.34. The second-order valence-corrected chi connectivity index (χ2v) is 6.93. The van der Waals surface area contributed by atoms with Crippen LogP contribution < -0.4 is 15.1 Å². The van der Waals surface area contributed by atoms with Gasteiger partial charge in [-0.05, 0) is 56.0 Å². The van der Waals surface area contributed by atoms with Crippen molar-refractivity contribution in [2.75, 3.05) is 24.6 Å². The van der Waals surface area contributed by atoms with Gasteiger partial charge in [-0.3, -0.25) is 4.79 Å². The van der Waals surface area contributed by atoms with Crippen LogP contribution in [0.25, 0.3) is 0 Å². The summed E-state index contributed by atoms with van der Waals surface area (Å²) in [6.45, 7) is 10.4. The number of aryl methyl sites for hydroxylation is 2. The summed E-state index contributed by atoms with van der Waals surface area (Å²) in [5.41, 5.74) is 6.83. The fraction of sp³-hybridized carbons (Fsp3) is 0.391. The lowest BCUT2D eigenvalue weighted by atomic mass is 10.1. The van der Waals surface area contributed by atoms with Crippen molar-refractivity contribution in [1.82, 2.24) is 5.43 Å². The zero-order valence-electron chi connectivity index (χ0n) is 17.4. The number of hydrogen-bond acceptors (Lipinski definition) is 4. The van der Waals surface area contributed by atoms with Crippen molar-refractivity contribution < 1.29 is 9.53 Å². The van der Waals surface area contributed by atoms with Crippen molar-refractivity contribution in [3.8, 4) is 5.75 Å². The van der Waals surface area contributed by atoms with E-state index in [0.717, 1.165) is 42.6 Å². The predicted octanol–water partition coefficient (Wildman–Crippen LogP) is 4.46. The van der Waals surface area contributed by atoms with Crippen LogP contribution in [0.3, 0.4) is 0 Å². The van der Waals surface area contributed by atoms with E-state index in [1.165, 1.54) is 5.69 Å². The Hall–Kier alpha value is -2.82. The average Bonchev–Trinajstić information content (AvgIpc) is 2.68. The minimum Gasteiger partial charge on any atom is -0.483 e. The number of benzene rings is 2. The average molecular weight is 382 g/mol. The van der Waals surface area contributed by atoms with Crippen molar-refractivity contribution in [2.24, 2.45) is 5.10 Å². The fourth-order valence-corrected chi connectivity index (χ4v) is 3.00. The number of amides is 1. The molecule has 150 valence electrons. The Morgan fingerprint density at radius 1 is 1.07 bits per heavy atom. The van der Waals surface area contributed by atoms with Crippen molar-refractivity contribution in [3.05, 3.63) is 59.2 Å². The minimum absolute atomic E-state index is 0.0663. The van der Waals surface area contributed by atoms with E-state index < -0.39 is 0 Å². The summed E-state index contributed by atoms with van der Waals surface area (Å²) in [6, 6.07) is 14.1. The molecule has 0 atom stereocenters. The van der Waals surface area contributed by atoms with Gasteiger partial charge >= 0.3 is 0 Å². The summed E-state index contributed by atoms with van der Waals surface area (Å²) in [5, 5.41) is 4.02. The molecule has 0 saturated heterocycles. The molecular formula is C23H31N3O2. The van der Waals surface area contributed by atoms with E-state index in [9.17, 15) is 4.79 Å². The maximum atomic E-state index is 11.9. The highest BCUT2D eigenvalue weighted by atomic mass is 16.5. The molecule has 2 aromatic carbocycles. The van der Waals surface area contributed by atoms with Crippen LogP contribution in [0.4, 0.5) is 5.69 Å². The maximum absolute atomic E-state index is 11.9. The molecule has 0 aromatic heterocycles. The number of carbonyl (C=O) groups excluding carboxylic acids is 1. The molecule has 0 bridgehead atoms. The molecule has 2 aromatic rings. The zero-order chi connectivity index (χ0) is 20.4. The lowest BCUT2D eigenvalue weighted by Gasteiger charge is -2.23. The fourth-order valence-electron chi connectivity index (χ4n) is 3.00. The van der Waals surface area contributed by atoms with E-state index in [2.05, 4.69) is 41.4 Å². The molecule has 1 N–H and O–H groups in total. The molecule has 0 aliphatic rings. The first-order valence-electron chi connectivity index (χ1n) is 9.90. The van der Waals surface area contributed by atoms with Gasteiger partial charge in [-0.2, -0.15) is 5.10 Å². The van der Waals surface area contributed by atoms with E-state index in [1.807, 2.05) is 44.2 Å². The number of hydrazone groups is 1. The molecular weight excluding hydrogens is 350 g/mol. The molecule has 0 spiro atoms. The Kier molecular flexibility index (Phi) is 8.53. The maximum Gasteiger partial charge on any atom is 0.277 e. The van der Waals surface area contributed by atoms with Crippen molar-refractivity contribution in [2.45, 2.75) is 40.5 Å². The largest absolute Gasteiger partial charge is 0.483 e. The molecule has 0 radical (unpaired) electrons. The van der Waals surface area contributed by atoms with Crippen molar-refractivity contribution in [1.29, 1.82) is 0 Å². The van der Waals surface area contributed by atoms with E-state index in [0.29, 0.717) is 5.75 Å². The Labute approximate surface area is 168 Å². The quantitative estimate of drug-likeness (QED) is 0.488. The zero-order valence-corrected chi connectivity index (χ0v) is 17.4. The number of nitrogens with one attached hydrogen (secondary N) is 1. The molecule has 0 aliphatic carbocycles. The van der Waals surface area contributed by atoms with E-state index in [1.54, 1.807) is 6.21 Å². The SMILES string of the molecule is CCCN(CCC)c1ccc(/C=N/NC(=O)COc2ccc(C)cc2C)cc1. The third kappa shape index (κ3) is 6.72. The number of hydrogen-bond donors (Lipinski definition) is 1. The number of ether oxygens (including phenoxy) is 1. The highest BCUT2D eigenvalue weighted by molar-refractivity contribution is 5.83. The van der Waals surface area contributed by atoms with Gasteiger partial charge in [0.05, 0.1) is 6.21 Å². The predicted molar refractivity (Wildman–Crippen MR) is 116 cm³/mol. The van der Waals surface area contributed by atoms with Crippen LogP contribution in [-0.4, -0.2) is 31.8 Å². The van der Waals surface area contributed by atoms with Crippen molar-refractivity contribution >= 4 is 17.8 Å². The van der Waals surface area contributed by atoms with Gasteiger partial charge in [0.25, 0.3) is 5.91 Å². The van der Waals surface area contributed by atoms with Gasteiger partial charge in [-0.15, -0.1) is 0 Å². The normalized spacial score (nSPS) is 10.9. The number of rotatable bonds is 10. The summed E-state index contributed by atoms with van der Waals surface area (Å²) in [6.07, 6.45) is 3.89.